The molecule has 0 aromatic heterocycles. The van der Waals surface area contributed by atoms with Gasteiger partial charge in [0.1, 0.15) is 12.2 Å². The third kappa shape index (κ3) is 13.0. The van der Waals surface area contributed by atoms with E-state index in [-0.39, 0.29) is 13.2 Å². The van der Waals surface area contributed by atoms with E-state index in [0.29, 0.717) is 12.8 Å². The standard InChI is InChI=1S/C36H64O12/c1-3-5-7-9-11-12-13-14-15-16-17-18-20-21-23-46-30-33(47-24-22-19-10-8-6-4-2)36(48-34(30)44,32(43)29(41)26-38)35(45,27-39)31(42)28(40)25-37/h28-29,37-41,45H,3-27H2,1-2H3/t28?,29?,35-,36+/m1/s1. The molecule has 0 aromatic carbocycles. The van der Waals surface area contributed by atoms with Gasteiger partial charge in [-0.05, 0) is 12.8 Å². The Labute approximate surface area is 286 Å². The number of cyclic esters (lactones) is 1. The second-order valence-corrected chi connectivity index (χ2v) is 12.9. The fourth-order valence-corrected chi connectivity index (χ4v) is 5.98. The first-order valence-electron chi connectivity index (χ1n) is 18.4. The van der Waals surface area contributed by atoms with Gasteiger partial charge in [0.15, 0.2) is 0 Å². The van der Waals surface area contributed by atoms with Crippen molar-refractivity contribution in [2.45, 2.75) is 166 Å². The Bertz CT molecular complexity index is 953. The van der Waals surface area contributed by atoms with Crippen LogP contribution >= 0.6 is 0 Å². The topological polar surface area (TPSA) is 200 Å². The lowest BCUT2D eigenvalue weighted by molar-refractivity contribution is -0.207. The van der Waals surface area contributed by atoms with Crippen molar-refractivity contribution < 1.29 is 59.2 Å². The molecule has 0 spiro atoms. The van der Waals surface area contributed by atoms with Gasteiger partial charge in [-0.3, -0.25) is 9.59 Å². The maximum absolute atomic E-state index is 13.6. The summed E-state index contributed by atoms with van der Waals surface area (Å²) in [6.45, 7) is 0.257. The predicted octanol–water partition coefficient (Wildman–Crippen LogP) is 3.94. The Morgan fingerprint density at radius 3 is 1.46 bits per heavy atom. The molecular weight excluding hydrogens is 624 g/mol. The zero-order valence-electron chi connectivity index (χ0n) is 29.5. The quantitative estimate of drug-likeness (QED) is 0.0440. The van der Waals surface area contributed by atoms with Gasteiger partial charge in [0, 0.05) is 0 Å². The summed E-state index contributed by atoms with van der Waals surface area (Å²) in [5.41, 5.74) is -6.62. The maximum Gasteiger partial charge on any atom is 0.379 e. The van der Waals surface area contributed by atoms with Crippen LogP contribution in [-0.2, 0) is 28.6 Å². The minimum absolute atomic E-state index is 0.00390. The predicted molar refractivity (Wildman–Crippen MR) is 180 cm³/mol. The lowest BCUT2D eigenvalue weighted by Crippen LogP contribution is -2.71. The average molecular weight is 689 g/mol. The van der Waals surface area contributed by atoms with Crippen LogP contribution in [0.1, 0.15) is 142 Å². The molecule has 0 fully saturated rings. The first kappa shape index (κ1) is 43.9. The zero-order chi connectivity index (χ0) is 35.8. The number of ketones is 2. The molecule has 1 rings (SSSR count). The van der Waals surface area contributed by atoms with E-state index < -0.39 is 72.3 Å². The number of hydrogen-bond donors (Lipinski definition) is 6. The highest BCUT2D eigenvalue weighted by atomic mass is 16.6. The Morgan fingerprint density at radius 1 is 0.667 bits per heavy atom. The smallest absolute Gasteiger partial charge is 0.379 e. The van der Waals surface area contributed by atoms with Crippen LogP contribution in [0.25, 0.3) is 0 Å². The molecule has 0 saturated carbocycles. The molecule has 280 valence electrons. The minimum Gasteiger partial charge on any atom is -0.489 e. The zero-order valence-corrected chi connectivity index (χ0v) is 29.5. The van der Waals surface area contributed by atoms with Crippen LogP contribution in [0.4, 0.5) is 0 Å². The number of Topliss-reactive ketones (excluding diaryl/α,β-unsaturated/α-hetero) is 2. The number of ether oxygens (including phenoxy) is 3. The molecule has 1 aliphatic rings. The average Bonchev–Trinajstić information content (AvgIpc) is 3.39. The van der Waals surface area contributed by atoms with E-state index in [0.717, 1.165) is 57.8 Å². The van der Waals surface area contributed by atoms with Gasteiger partial charge in [-0.2, -0.15) is 0 Å². The molecule has 0 radical (unpaired) electrons. The van der Waals surface area contributed by atoms with Crippen molar-refractivity contribution in [3.05, 3.63) is 11.5 Å². The van der Waals surface area contributed by atoms with E-state index in [1.165, 1.54) is 57.8 Å². The van der Waals surface area contributed by atoms with Crippen molar-refractivity contribution >= 4 is 17.5 Å². The number of aliphatic hydroxyl groups is 6. The SMILES string of the molecule is CCCCCCCCCCCCCCCCOC1=C(OCCCCCCCC)[C@@](C(=O)C(O)CO)([C@@](O)(CO)C(=O)C(O)CO)OC1=O. The highest BCUT2D eigenvalue weighted by Crippen LogP contribution is 2.45. The summed E-state index contributed by atoms with van der Waals surface area (Å²) in [4.78, 5) is 40.0. The first-order chi connectivity index (χ1) is 23.1. The van der Waals surface area contributed by atoms with E-state index in [9.17, 15) is 45.0 Å². The number of esters is 1. The minimum atomic E-state index is -3.41. The summed E-state index contributed by atoms with van der Waals surface area (Å²) in [5.74, 6) is -5.88. The molecule has 2 unspecified atom stereocenters. The van der Waals surface area contributed by atoms with Crippen molar-refractivity contribution in [2.24, 2.45) is 0 Å². The fourth-order valence-electron chi connectivity index (χ4n) is 5.98. The van der Waals surface area contributed by atoms with Crippen molar-refractivity contribution in [2.75, 3.05) is 33.0 Å². The summed E-state index contributed by atoms with van der Waals surface area (Å²) < 4.78 is 16.9. The summed E-state index contributed by atoms with van der Waals surface area (Å²) >= 11 is 0. The van der Waals surface area contributed by atoms with E-state index in [1.807, 2.05) is 0 Å². The van der Waals surface area contributed by atoms with Gasteiger partial charge in [-0.25, -0.2) is 4.79 Å². The fraction of sp³-hybridized carbons (Fsp3) is 0.861. The molecule has 0 aromatic rings. The third-order valence-electron chi connectivity index (χ3n) is 8.96. The highest BCUT2D eigenvalue weighted by Gasteiger charge is 2.72. The summed E-state index contributed by atoms with van der Waals surface area (Å²) in [5, 5.41) is 61.3. The largest absolute Gasteiger partial charge is 0.489 e. The van der Waals surface area contributed by atoms with Crippen LogP contribution in [0.2, 0.25) is 0 Å². The number of carbonyl (C=O) groups excluding carboxylic acids is 3. The summed E-state index contributed by atoms with van der Waals surface area (Å²) in [6.07, 6.45) is 16.6. The van der Waals surface area contributed by atoms with Gasteiger partial charge in [0.05, 0.1) is 33.0 Å². The molecule has 1 heterocycles. The molecule has 4 atom stereocenters. The van der Waals surface area contributed by atoms with Crippen molar-refractivity contribution in [1.82, 2.24) is 0 Å². The van der Waals surface area contributed by atoms with Crippen LogP contribution in [0.15, 0.2) is 11.5 Å². The van der Waals surface area contributed by atoms with Crippen LogP contribution in [0, 0.1) is 0 Å². The van der Waals surface area contributed by atoms with E-state index in [1.54, 1.807) is 0 Å². The third-order valence-corrected chi connectivity index (χ3v) is 8.96. The van der Waals surface area contributed by atoms with E-state index in [2.05, 4.69) is 13.8 Å². The van der Waals surface area contributed by atoms with Gasteiger partial charge in [0.25, 0.3) is 5.60 Å². The Balaban J connectivity index is 3.02. The Hall–Kier alpha value is -2.09. The molecule has 48 heavy (non-hydrogen) atoms. The lowest BCUT2D eigenvalue weighted by Gasteiger charge is -2.41. The molecular formula is C36H64O12. The lowest BCUT2D eigenvalue weighted by atomic mass is 9.73. The van der Waals surface area contributed by atoms with Gasteiger partial charge in [-0.1, -0.05) is 129 Å². The molecule has 0 aliphatic carbocycles. The first-order valence-corrected chi connectivity index (χ1v) is 18.4. The number of unbranched alkanes of at least 4 members (excludes halogenated alkanes) is 18. The van der Waals surface area contributed by atoms with E-state index in [4.69, 9.17) is 14.2 Å². The molecule has 0 amide bonds. The van der Waals surface area contributed by atoms with Crippen LogP contribution in [0.3, 0.4) is 0 Å². The van der Waals surface area contributed by atoms with Crippen LogP contribution in [0.5, 0.6) is 0 Å². The number of carbonyl (C=O) groups is 3. The second kappa shape index (κ2) is 25.0. The van der Waals surface area contributed by atoms with Crippen molar-refractivity contribution in [3.63, 3.8) is 0 Å². The maximum atomic E-state index is 13.6. The molecule has 12 nitrogen and oxygen atoms in total. The Morgan fingerprint density at radius 2 is 1.06 bits per heavy atom. The highest BCUT2D eigenvalue weighted by molar-refractivity contribution is 6.09. The van der Waals surface area contributed by atoms with Gasteiger partial charge >= 0.3 is 5.97 Å². The molecule has 1 aliphatic heterocycles. The van der Waals surface area contributed by atoms with Crippen LogP contribution < -0.4 is 0 Å². The normalized spacial score (nSPS) is 18.8. The number of hydrogen-bond acceptors (Lipinski definition) is 12. The molecule has 0 bridgehead atoms. The van der Waals surface area contributed by atoms with Gasteiger partial charge < -0.3 is 44.8 Å². The van der Waals surface area contributed by atoms with Crippen molar-refractivity contribution in [1.29, 1.82) is 0 Å². The van der Waals surface area contributed by atoms with E-state index >= 15 is 0 Å². The second-order valence-electron chi connectivity index (χ2n) is 12.9. The Kier molecular flexibility index (Phi) is 22.8. The monoisotopic (exact) mass is 688 g/mol. The molecule has 0 saturated heterocycles. The molecule has 6 N–H and O–H groups in total. The summed E-state index contributed by atoms with van der Waals surface area (Å²) in [6, 6.07) is 0. The summed E-state index contributed by atoms with van der Waals surface area (Å²) in [7, 11) is 0. The van der Waals surface area contributed by atoms with Crippen molar-refractivity contribution in [3.8, 4) is 0 Å². The van der Waals surface area contributed by atoms with Gasteiger partial charge in [0.2, 0.25) is 28.7 Å². The van der Waals surface area contributed by atoms with Gasteiger partial charge in [-0.15, -0.1) is 0 Å². The number of aliphatic hydroxyl groups excluding tert-OH is 5. The van der Waals surface area contributed by atoms with Crippen LogP contribution in [-0.4, -0.2) is 105 Å². The molecule has 12 heteroatoms. The number of rotatable bonds is 32.